The van der Waals surface area contributed by atoms with E-state index in [2.05, 4.69) is 24.8 Å². The fourth-order valence-corrected chi connectivity index (χ4v) is 1.23. The molecular formula is C12H20N2O7. The van der Waals surface area contributed by atoms with Gasteiger partial charge in [0.15, 0.2) is 0 Å². The van der Waals surface area contributed by atoms with Crippen molar-refractivity contribution in [1.82, 2.24) is 10.6 Å². The van der Waals surface area contributed by atoms with Crippen LogP contribution in [0.4, 0.5) is 9.59 Å². The number of esters is 2. The third-order valence-electron chi connectivity index (χ3n) is 2.45. The molecule has 2 N–H and O–H groups in total. The van der Waals surface area contributed by atoms with E-state index < -0.39 is 36.2 Å². The van der Waals surface area contributed by atoms with Crippen LogP contribution < -0.4 is 10.6 Å². The number of hydrogen-bond acceptors (Lipinski definition) is 7. The van der Waals surface area contributed by atoms with E-state index in [0.717, 1.165) is 14.2 Å². The Morgan fingerprint density at radius 1 is 0.810 bits per heavy atom. The van der Waals surface area contributed by atoms with E-state index in [1.807, 2.05) is 0 Å². The molecule has 0 aromatic heterocycles. The standard InChI is InChI=1S/C12H20N2O7/c1-6(2)8(14-12(18)20-5)10(16)21-9(15)7(3)13-11(17)19-4/h6-8H,1-5H3,(H,13,17)(H,14,18). The maximum absolute atomic E-state index is 11.8. The van der Waals surface area contributed by atoms with Crippen molar-refractivity contribution in [3.63, 3.8) is 0 Å². The molecule has 0 aliphatic rings. The predicted octanol–water partition coefficient (Wildman–Crippen LogP) is 0.181. The summed E-state index contributed by atoms with van der Waals surface area (Å²) >= 11 is 0. The van der Waals surface area contributed by atoms with Crippen molar-refractivity contribution < 1.29 is 33.4 Å². The van der Waals surface area contributed by atoms with E-state index in [-0.39, 0.29) is 5.92 Å². The zero-order valence-electron chi connectivity index (χ0n) is 12.6. The Morgan fingerprint density at radius 3 is 1.71 bits per heavy atom. The molecule has 0 radical (unpaired) electrons. The molecule has 9 nitrogen and oxygen atoms in total. The molecule has 0 aliphatic heterocycles. The van der Waals surface area contributed by atoms with Gasteiger partial charge in [-0.25, -0.2) is 19.2 Å². The van der Waals surface area contributed by atoms with E-state index in [1.54, 1.807) is 13.8 Å². The molecule has 0 aromatic rings. The second-order valence-corrected chi connectivity index (χ2v) is 4.46. The summed E-state index contributed by atoms with van der Waals surface area (Å²) in [5.74, 6) is -2.24. The van der Waals surface area contributed by atoms with E-state index in [0.29, 0.717) is 0 Å². The SMILES string of the molecule is COC(=O)NC(C)C(=O)OC(=O)C(NC(=O)OC)C(C)C. The highest BCUT2D eigenvalue weighted by atomic mass is 16.6. The first-order valence-corrected chi connectivity index (χ1v) is 6.17. The molecule has 0 saturated carbocycles. The number of ether oxygens (including phenoxy) is 3. The van der Waals surface area contributed by atoms with Crippen LogP contribution in [-0.4, -0.2) is 50.4 Å². The lowest BCUT2D eigenvalue weighted by atomic mass is 10.1. The monoisotopic (exact) mass is 304 g/mol. The second kappa shape index (κ2) is 8.77. The van der Waals surface area contributed by atoms with Gasteiger partial charge in [0.1, 0.15) is 12.1 Å². The summed E-state index contributed by atoms with van der Waals surface area (Å²) in [7, 11) is 2.28. The van der Waals surface area contributed by atoms with Crippen LogP contribution in [0.3, 0.4) is 0 Å². The fourth-order valence-electron chi connectivity index (χ4n) is 1.23. The third-order valence-corrected chi connectivity index (χ3v) is 2.45. The van der Waals surface area contributed by atoms with Crippen LogP contribution in [-0.2, 0) is 23.8 Å². The van der Waals surface area contributed by atoms with Gasteiger partial charge in [0.25, 0.3) is 0 Å². The molecule has 0 rings (SSSR count). The van der Waals surface area contributed by atoms with E-state index >= 15 is 0 Å². The maximum atomic E-state index is 11.8. The quantitative estimate of drug-likeness (QED) is 0.422. The van der Waals surface area contributed by atoms with Gasteiger partial charge in [-0.2, -0.15) is 0 Å². The Bertz CT molecular complexity index is 408. The highest BCUT2D eigenvalue weighted by Gasteiger charge is 2.30. The topological polar surface area (TPSA) is 120 Å². The van der Waals surface area contributed by atoms with Crippen molar-refractivity contribution in [2.45, 2.75) is 32.9 Å². The largest absolute Gasteiger partial charge is 0.453 e. The maximum Gasteiger partial charge on any atom is 0.407 e. The molecule has 0 spiro atoms. The van der Waals surface area contributed by atoms with Crippen LogP contribution in [0.2, 0.25) is 0 Å². The molecule has 0 aromatic carbocycles. The van der Waals surface area contributed by atoms with Crippen LogP contribution in [0.1, 0.15) is 20.8 Å². The van der Waals surface area contributed by atoms with E-state index in [9.17, 15) is 19.2 Å². The van der Waals surface area contributed by atoms with Gasteiger partial charge in [0.2, 0.25) is 0 Å². The number of hydrogen-bond donors (Lipinski definition) is 2. The van der Waals surface area contributed by atoms with Crippen molar-refractivity contribution in [2.24, 2.45) is 5.92 Å². The Morgan fingerprint density at radius 2 is 1.29 bits per heavy atom. The minimum Gasteiger partial charge on any atom is -0.453 e. The normalized spacial score (nSPS) is 12.9. The molecule has 21 heavy (non-hydrogen) atoms. The van der Waals surface area contributed by atoms with Crippen LogP contribution in [0, 0.1) is 5.92 Å². The van der Waals surface area contributed by atoms with Gasteiger partial charge in [0, 0.05) is 0 Å². The van der Waals surface area contributed by atoms with Gasteiger partial charge in [-0.15, -0.1) is 0 Å². The summed E-state index contributed by atoms with van der Waals surface area (Å²) in [5.41, 5.74) is 0. The van der Waals surface area contributed by atoms with Crippen LogP contribution in [0.5, 0.6) is 0 Å². The third kappa shape index (κ3) is 6.59. The summed E-state index contributed by atoms with van der Waals surface area (Å²) in [6, 6.07) is -2.13. The van der Waals surface area contributed by atoms with Crippen LogP contribution in [0.15, 0.2) is 0 Å². The molecule has 2 atom stereocenters. The van der Waals surface area contributed by atoms with Gasteiger partial charge < -0.3 is 24.8 Å². The highest BCUT2D eigenvalue weighted by molar-refractivity contribution is 5.93. The predicted molar refractivity (Wildman–Crippen MR) is 70.3 cm³/mol. The minimum atomic E-state index is -1.08. The van der Waals surface area contributed by atoms with E-state index in [1.165, 1.54) is 6.92 Å². The molecule has 0 heterocycles. The van der Waals surface area contributed by atoms with Crippen molar-refractivity contribution in [3.8, 4) is 0 Å². The average Bonchev–Trinajstić information content (AvgIpc) is 2.43. The molecule has 2 amide bonds. The van der Waals surface area contributed by atoms with Crippen molar-refractivity contribution in [2.75, 3.05) is 14.2 Å². The number of nitrogens with one attached hydrogen (secondary N) is 2. The Labute approximate surface area is 122 Å². The molecule has 0 bridgehead atoms. The first kappa shape index (κ1) is 18.7. The summed E-state index contributed by atoms with van der Waals surface area (Å²) in [6.07, 6.45) is -1.65. The van der Waals surface area contributed by atoms with Gasteiger partial charge in [-0.3, -0.25) is 0 Å². The van der Waals surface area contributed by atoms with Crippen molar-refractivity contribution >= 4 is 24.1 Å². The molecule has 0 saturated heterocycles. The lowest BCUT2D eigenvalue weighted by Crippen LogP contribution is -2.48. The van der Waals surface area contributed by atoms with Crippen molar-refractivity contribution in [1.29, 1.82) is 0 Å². The van der Waals surface area contributed by atoms with Gasteiger partial charge in [-0.05, 0) is 12.8 Å². The number of carbonyl (C=O) groups is 4. The Kier molecular flexibility index (Phi) is 7.80. The second-order valence-electron chi connectivity index (χ2n) is 4.46. The van der Waals surface area contributed by atoms with Gasteiger partial charge >= 0.3 is 24.1 Å². The van der Waals surface area contributed by atoms with Crippen LogP contribution >= 0.6 is 0 Å². The molecule has 9 heteroatoms. The van der Waals surface area contributed by atoms with Gasteiger partial charge in [0.05, 0.1) is 14.2 Å². The summed E-state index contributed by atoms with van der Waals surface area (Å²) in [5, 5.41) is 4.42. The van der Waals surface area contributed by atoms with Gasteiger partial charge in [-0.1, -0.05) is 13.8 Å². The fraction of sp³-hybridized carbons (Fsp3) is 0.667. The molecular weight excluding hydrogens is 284 g/mol. The Hall–Kier alpha value is -2.32. The minimum absolute atomic E-state index is 0.326. The summed E-state index contributed by atoms with van der Waals surface area (Å²) < 4.78 is 13.3. The summed E-state index contributed by atoms with van der Waals surface area (Å²) in [4.78, 5) is 45.6. The first-order chi connectivity index (χ1) is 9.72. The molecule has 0 fully saturated rings. The van der Waals surface area contributed by atoms with Crippen LogP contribution in [0.25, 0.3) is 0 Å². The lowest BCUT2D eigenvalue weighted by Gasteiger charge is -2.20. The number of rotatable bonds is 5. The lowest BCUT2D eigenvalue weighted by molar-refractivity contribution is -0.163. The number of carbonyl (C=O) groups excluding carboxylic acids is 4. The summed E-state index contributed by atoms with van der Waals surface area (Å²) in [6.45, 7) is 4.63. The average molecular weight is 304 g/mol. The molecule has 2 unspecified atom stereocenters. The number of methoxy groups -OCH3 is 2. The number of amides is 2. The highest BCUT2D eigenvalue weighted by Crippen LogP contribution is 2.05. The zero-order valence-corrected chi connectivity index (χ0v) is 12.6. The molecule has 0 aliphatic carbocycles. The Balaban J connectivity index is 4.64. The van der Waals surface area contributed by atoms with E-state index in [4.69, 9.17) is 0 Å². The number of alkyl carbamates (subject to hydrolysis) is 2. The van der Waals surface area contributed by atoms with Crippen molar-refractivity contribution in [3.05, 3.63) is 0 Å². The first-order valence-electron chi connectivity index (χ1n) is 6.17. The smallest absolute Gasteiger partial charge is 0.407 e. The zero-order chi connectivity index (χ0) is 16.6. The molecule has 120 valence electrons.